The predicted molar refractivity (Wildman–Crippen MR) is 106 cm³/mol. The monoisotopic (exact) mass is 383 g/mol. The lowest BCUT2D eigenvalue weighted by Crippen LogP contribution is -2.63. The highest BCUT2D eigenvalue weighted by atomic mass is 16.5. The molecule has 150 valence electrons. The van der Waals surface area contributed by atoms with Crippen LogP contribution in [0, 0.1) is 11.3 Å². The molecule has 3 aliphatic rings. The third kappa shape index (κ3) is 3.08. The topological polar surface area (TPSA) is 67.6 Å². The molecule has 6 nitrogen and oxygen atoms in total. The molecule has 1 amide bonds. The average Bonchev–Trinajstić information content (AvgIpc) is 2.99. The van der Waals surface area contributed by atoms with Crippen LogP contribution < -0.4 is 4.74 Å². The van der Waals surface area contributed by atoms with Gasteiger partial charge >= 0.3 is 0 Å². The number of amides is 1. The molecule has 0 aromatic carbocycles. The van der Waals surface area contributed by atoms with Crippen molar-refractivity contribution in [3.05, 3.63) is 24.4 Å². The van der Waals surface area contributed by atoms with Crippen LogP contribution in [0.15, 0.2) is 24.4 Å². The van der Waals surface area contributed by atoms with Crippen molar-refractivity contribution < 1.29 is 14.6 Å². The molecular weight excluding hydrogens is 354 g/mol. The lowest BCUT2D eigenvalue weighted by atomic mass is 9.66. The van der Waals surface area contributed by atoms with Gasteiger partial charge in [-0.2, -0.15) is 4.98 Å². The zero-order valence-corrected chi connectivity index (χ0v) is 16.7. The first-order chi connectivity index (χ1) is 13.3. The molecule has 0 bridgehead atoms. The second-order valence-corrected chi connectivity index (χ2v) is 9.60. The summed E-state index contributed by atoms with van der Waals surface area (Å²) in [6.07, 6.45) is 7.71. The summed E-state index contributed by atoms with van der Waals surface area (Å²) in [6, 6.07) is 6.09. The Kier molecular flexibility index (Phi) is 3.99. The summed E-state index contributed by atoms with van der Waals surface area (Å²) in [4.78, 5) is 19.2. The van der Waals surface area contributed by atoms with E-state index < -0.39 is 5.60 Å². The SMILES string of the molecule is Cn1ccc2ccc(OC3CCC4(CC3)CN(C(=O)[C@H]3C[C@@](C)(O)C3)C4)nc21. The Labute approximate surface area is 165 Å². The standard InChI is InChI=1S/C22H29N3O3/c1-21(27)11-16(12-21)20(26)25-13-22(14-25)8-5-17(6-9-22)28-18-4-3-15-7-10-24(2)19(15)23-18/h3-4,7,10,16-17,27H,5-6,8-9,11-14H2,1-2H3/t16-,21+. The van der Waals surface area contributed by atoms with Crippen LogP contribution in [0.4, 0.5) is 0 Å². The summed E-state index contributed by atoms with van der Waals surface area (Å²) in [7, 11) is 2.00. The summed E-state index contributed by atoms with van der Waals surface area (Å²) < 4.78 is 8.19. The number of carbonyl (C=O) groups excluding carboxylic acids is 1. The molecule has 5 rings (SSSR count). The van der Waals surface area contributed by atoms with Crippen molar-refractivity contribution in [1.82, 2.24) is 14.5 Å². The Morgan fingerprint density at radius 2 is 1.93 bits per heavy atom. The van der Waals surface area contributed by atoms with Crippen molar-refractivity contribution in [2.24, 2.45) is 18.4 Å². The molecule has 3 fully saturated rings. The molecule has 1 aliphatic heterocycles. The van der Waals surface area contributed by atoms with Gasteiger partial charge in [-0.05, 0) is 57.6 Å². The Morgan fingerprint density at radius 1 is 1.21 bits per heavy atom. The van der Waals surface area contributed by atoms with Gasteiger partial charge in [0.05, 0.1) is 5.60 Å². The van der Waals surface area contributed by atoms with Crippen molar-refractivity contribution in [3.63, 3.8) is 0 Å². The first kappa shape index (κ1) is 18.0. The highest BCUT2D eigenvalue weighted by Gasteiger charge is 2.51. The number of hydrogen-bond donors (Lipinski definition) is 1. The van der Waals surface area contributed by atoms with Crippen molar-refractivity contribution in [2.45, 2.75) is 57.2 Å². The largest absolute Gasteiger partial charge is 0.474 e. The number of ether oxygens (including phenoxy) is 1. The molecule has 28 heavy (non-hydrogen) atoms. The number of hydrogen-bond acceptors (Lipinski definition) is 4. The zero-order chi connectivity index (χ0) is 19.5. The fourth-order valence-electron chi connectivity index (χ4n) is 5.35. The first-order valence-electron chi connectivity index (χ1n) is 10.4. The van der Waals surface area contributed by atoms with Gasteiger partial charge in [-0.25, -0.2) is 0 Å². The molecule has 2 aliphatic carbocycles. The highest BCUT2D eigenvalue weighted by molar-refractivity contribution is 5.81. The summed E-state index contributed by atoms with van der Waals surface area (Å²) in [5, 5.41) is 11.0. The lowest BCUT2D eigenvalue weighted by Gasteiger charge is -2.55. The second-order valence-electron chi connectivity index (χ2n) is 9.60. The molecule has 0 radical (unpaired) electrons. The van der Waals surface area contributed by atoms with E-state index >= 15 is 0 Å². The molecule has 1 saturated heterocycles. The summed E-state index contributed by atoms with van der Waals surface area (Å²) in [5.74, 6) is 0.985. The molecular formula is C22H29N3O3. The third-order valence-electron chi connectivity index (χ3n) is 7.06. The van der Waals surface area contributed by atoms with Crippen LogP contribution in [0.3, 0.4) is 0 Å². The fourth-order valence-corrected chi connectivity index (χ4v) is 5.35. The average molecular weight is 383 g/mol. The van der Waals surface area contributed by atoms with Gasteiger partial charge in [0.15, 0.2) is 0 Å². The summed E-state index contributed by atoms with van der Waals surface area (Å²) >= 11 is 0. The number of carbonyl (C=O) groups is 1. The minimum Gasteiger partial charge on any atom is -0.474 e. The fraction of sp³-hybridized carbons (Fsp3) is 0.636. The highest BCUT2D eigenvalue weighted by Crippen LogP contribution is 2.47. The Balaban J connectivity index is 1.13. The van der Waals surface area contributed by atoms with E-state index in [-0.39, 0.29) is 23.3 Å². The maximum atomic E-state index is 12.5. The first-order valence-corrected chi connectivity index (χ1v) is 10.4. The molecule has 2 aromatic heterocycles. The molecule has 0 atom stereocenters. The number of aryl methyl sites for hydroxylation is 1. The van der Waals surface area contributed by atoms with E-state index in [9.17, 15) is 9.90 Å². The molecule has 6 heteroatoms. The Bertz CT molecular complexity index is 895. The van der Waals surface area contributed by atoms with Crippen LogP contribution in [-0.4, -0.2) is 50.3 Å². The van der Waals surface area contributed by atoms with Crippen LogP contribution in [0.1, 0.15) is 45.4 Å². The van der Waals surface area contributed by atoms with E-state index in [1.54, 1.807) is 0 Å². The van der Waals surface area contributed by atoms with E-state index in [0.29, 0.717) is 18.7 Å². The van der Waals surface area contributed by atoms with Crippen LogP contribution in [0.25, 0.3) is 11.0 Å². The van der Waals surface area contributed by atoms with Gasteiger partial charge in [0.1, 0.15) is 11.8 Å². The van der Waals surface area contributed by atoms with Crippen LogP contribution >= 0.6 is 0 Å². The molecule has 0 unspecified atom stereocenters. The van der Waals surface area contributed by atoms with E-state index in [2.05, 4.69) is 17.1 Å². The smallest absolute Gasteiger partial charge is 0.225 e. The van der Waals surface area contributed by atoms with Gasteiger partial charge in [0.2, 0.25) is 11.8 Å². The van der Waals surface area contributed by atoms with Crippen molar-refractivity contribution in [2.75, 3.05) is 13.1 Å². The van der Waals surface area contributed by atoms with E-state index in [0.717, 1.165) is 49.8 Å². The van der Waals surface area contributed by atoms with Crippen molar-refractivity contribution >= 4 is 16.9 Å². The number of fused-ring (bicyclic) bond motifs is 1. The Morgan fingerprint density at radius 3 is 2.61 bits per heavy atom. The van der Waals surface area contributed by atoms with Crippen LogP contribution in [0.5, 0.6) is 5.88 Å². The number of aliphatic hydroxyl groups is 1. The number of nitrogens with zero attached hydrogens (tertiary/aromatic N) is 3. The molecule has 1 spiro atoms. The number of aromatic nitrogens is 2. The predicted octanol–water partition coefficient (Wildman–Crippen LogP) is 2.88. The minimum atomic E-state index is -0.630. The van der Waals surface area contributed by atoms with Gasteiger partial charge < -0.3 is 19.3 Å². The minimum absolute atomic E-state index is 0.0329. The maximum Gasteiger partial charge on any atom is 0.225 e. The zero-order valence-electron chi connectivity index (χ0n) is 16.7. The Hall–Kier alpha value is -2.08. The van der Waals surface area contributed by atoms with Crippen molar-refractivity contribution in [3.8, 4) is 5.88 Å². The number of rotatable bonds is 3. The third-order valence-corrected chi connectivity index (χ3v) is 7.06. The van der Waals surface area contributed by atoms with Crippen LogP contribution in [-0.2, 0) is 11.8 Å². The van der Waals surface area contributed by atoms with Gasteiger partial charge in [0.25, 0.3) is 0 Å². The second kappa shape index (κ2) is 6.21. The molecule has 3 heterocycles. The van der Waals surface area contributed by atoms with Crippen molar-refractivity contribution in [1.29, 1.82) is 0 Å². The summed E-state index contributed by atoms with van der Waals surface area (Å²) in [5.41, 5.74) is 0.611. The molecule has 2 aromatic rings. The van der Waals surface area contributed by atoms with Gasteiger partial charge in [0, 0.05) is 49.1 Å². The van der Waals surface area contributed by atoms with E-state index in [1.165, 1.54) is 0 Å². The molecule has 1 N–H and O–H groups in total. The van der Waals surface area contributed by atoms with E-state index in [1.807, 2.05) is 35.7 Å². The van der Waals surface area contributed by atoms with Gasteiger partial charge in [-0.1, -0.05) is 0 Å². The number of pyridine rings is 1. The number of likely N-dealkylation sites (tertiary alicyclic amines) is 1. The van der Waals surface area contributed by atoms with Gasteiger partial charge in [-0.3, -0.25) is 4.79 Å². The van der Waals surface area contributed by atoms with Crippen LogP contribution in [0.2, 0.25) is 0 Å². The quantitative estimate of drug-likeness (QED) is 0.885. The van der Waals surface area contributed by atoms with E-state index in [4.69, 9.17) is 4.74 Å². The normalized spacial score (nSPS) is 29.5. The van der Waals surface area contributed by atoms with Gasteiger partial charge in [-0.15, -0.1) is 0 Å². The maximum absolute atomic E-state index is 12.5. The summed E-state index contributed by atoms with van der Waals surface area (Å²) in [6.45, 7) is 3.58. The lowest BCUT2D eigenvalue weighted by molar-refractivity contribution is -0.164. The molecule has 2 saturated carbocycles.